The fourth-order valence-corrected chi connectivity index (χ4v) is 2.96. The molecule has 2 rings (SSSR count). The highest BCUT2D eigenvalue weighted by Crippen LogP contribution is 2.28. The van der Waals surface area contributed by atoms with Crippen molar-refractivity contribution in [2.75, 3.05) is 13.1 Å². The summed E-state index contributed by atoms with van der Waals surface area (Å²) in [5.41, 5.74) is 2.63. The van der Waals surface area contributed by atoms with Crippen LogP contribution in [0.1, 0.15) is 50.2 Å². The first-order chi connectivity index (χ1) is 11.2. The van der Waals surface area contributed by atoms with Crippen LogP contribution in [-0.4, -0.2) is 23.9 Å². The summed E-state index contributed by atoms with van der Waals surface area (Å²) in [7, 11) is 0. The van der Waals surface area contributed by atoms with Gasteiger partial charge in [-0.2, -0.15) is 0 Å². The molecule has 2 heteroatoms. The second-order valence-electron chi connectivity index (χ2n) is 6.02. The van der Waals surface area contributed by atoms with Gasteiger partial charge in [0.2, 0.25) is 5.91 Å². The maximum atomic E-state index is 11.9. The Labute approximate surface area is 140 Å². The molecule has 0 bridgehead atoms. The van der Waals surface area contributed by atoms with Gasteiger partial charge in [0, 0.05) is 25.9 Å². The van der Waals surface area contributed by atoms with Gasteiger partial charge in [-0.15, -0.1) is 0 Å². The summed E-state index contributed by atoms with van der Waals surface area (Å²) in [6.07, 6.45) is 3.14. The van der Waals surface area contributed by atoms with Gasteiger partial charge >= 0.3 is 0 Å². The standard InChI is InChI=1S/C21H27NO/c1-3-4-16-22(18(2)23)17-15-21(19-11-7-5-8-12-19)20-13-9-6-10-14-20/h5-14,21H,3-4,15-17H2,1-2H3. The van der Waals surface area contributed by atoms with E-state index in [0.717, 1.165) is 32.4 Å². The van der Waals surface area contributed by atoms with Crippen LogP contribution in [0, 0.1) is 0 Å². The lowest BCUT2D eigenvalue weighted by Crippen LogP contribution is -2.31. The van der Waals surface area contributed by atoms with Crippen LogP contribution in [0.4, 0.5) is 0 Å². The van der Waals surface area contributed by atoms with E-state index < -0.39 is 0 Å². The summed E-state index contributed by atoms with van der Waals surface area (Å²) in [6, 6.07) is 21.2. The van der Waals surface area contributed by atoms with Crippen molar-refractivity contribution in [3.63, 3.8) is 0 Å². The zero-order valence-corrected chi connectivity index (χ0v) is 14.2. The van der Waals surface area contributed by atoms with Crippen molar-refractivity contribution in [1.82, 2.24) is 4.90 Å². The highest BCUT2D eigenvalue weighted by Gasteiger charge is 2.16. The molecule has 23 heavy (non-hydrogen) atoms. The Morgan fingerprint density at radius 1 is 0.913 bits per heavy atom. The van der Waals surface area contributed by atoms with Gasteiger partial charge in [0.05, 0.1) is 0 Å². The molecule has 0 aliphatic carbocycles. The van der Waals surface area contributed by atoms with Crippen LogP contribution in [0.15, 0.2) is 60.7 Å². The van der Waals surface area contributed by atoms with E-state index in [1.54, 1.807) is 6.92 Å². The minimum absolute atomic E-state index is 0.179. The van der Waals surface area contributed by atoms with E-state index in [1.165, 1.54) is 11.1 Å². The molecule has 122 valence electrons. The van der Waals surface area contributed by atoms with Gasteiger partial charge in [-0.3, -0.25) is 4.79 Å². The molecule has 2 aromatic carbocycles. The summed E-state index contributed by atoms with van der Waals surface area (Å²) in [5.74, 6) is 0.513. The lowest BCUT2D eigenvalue weighted by molar-refractivity contribution is -0.129. The van der Waals surface area contributed by atoms with Crippen molar-refractivity contribution in [3.05, 3.63) is 71.8 Å². The normalized spacial score (nSPS) is 10.7. The fraction of sp³-hybridized carbons (Fsp3) is 0.381. The molecule has 2 aromatic rings. The lowest BCUT2D eigenvalue weighted by atomic mass is 9.88. The van der Waals surface area contributed by atoms with Gasteiger partial charge in [-0.05, 0) is 24.0 Å². The third kappa shape index (κ3) is 5.24. The van der Waals surface area contributed by atoms with Gasteiger partial charge in [-0.1, -0.05) is 74.0 Å². The third-order valence-corrected chi connectivity index (χ3v) is 4.32. The number of amides is 1. The predicted octanol–water partition coefficient (Wildman–Crippen LogP) is 4.86. The van der Waals surface area contributed by atoms with Crippen LogP contribution in [0.5, 0.6) is 0 Å². The van der Waals surface area contributed by atoms with Crippen molar-refractivity contribution < 1.29 is 4.79 Å². The Bertz CT molecular complexity index is 540. The molecule has 0 radical (unpaired) electrons. The number of hydrogen-bond acceptors (Lipinski definition) is 1. The Balaban J connectivity index is 2.13. The number of nitrogens with zero attached hydrogens (tertiary/aromatic N) is 1. The first-order valence-electron chi connectivity index (χ1n) is 8.57. The number of hydrogen-bond donors (Lipinski definition) is 0. The van der Waals surface area contributed by atoms with E-state index in [-0.39, 0.29) is 5.91 Å². The Morgan fingerprint density at radius 3 is 1.87 bits per heavy atom. The van der Waals surface area contributed by atoms with Crippen LogP contribution < -0.4 is 0 Å². The smallest absolute Gasteiger partial charge is 0.219 e. The van der Waals surface area contributed by atoms with E-state index in [9.17, 15) is 4.79 Å². The van der Waals surface area contributed by atoms with E-state index >= 15 is 0 Å². The van der Waals surface area contributed by atoms with Crippen LogP contribution in [-0.2, 0) is 4.79 Å². The third-order valence-electron chi connectivity index (χ3n) is 4.32. The van der Waals surface area contributed by atoms with Crippen molar-refractivity contribution in [3.8, 4) is 0 Å². The van der Waals surface area contributed by atoms with E-state index in [4.69, 9.17) is 0 Å². The quantitative estimate of drug-likeness (QED) is 0.682. The Kier molecular flexibility index (Phi) is 6.86. The summed E-state index contributed by atoms with van der Waals surface area (Å²) in [5, 5.41) is 0. The first kappa shape index (κ1) is 17.3. The van der Waals surface area contributed by atoms with Gasteiger partial charge in [0.15, 0.2) is 0 Å². The second-order valence-corrected chi connectivity index (χ2v) is 6.02. The topological polar surface area (TPSA) is 20.3 Å². The van der Waals surface area contributed by atoms with E-state index in [0.29, 0.717) is 5.92 Å². The molecule has 0 fully saturated rings. The highest BCUT2D eigenvalue weighted by molar-refractivity contribution is 5.73. The van der Waals surface area contributed by atoms with Crippen LogP contribution in [0.2, 0.25) is 0 Å². The molecule has 0 saturated carbocycles. The molecule has 0 aliphatic heterocycles. The molecular weight excluding hydrogens is 282 g/mol. The number of rotatable bonds is 8. The summed E-state index contributed by atoms with van der Waals surface area (Å²) in [6.45, 7) is 5.51. The van der Waals surface area contributed by atoms with Gasteiger partial charge in [0.1, 0.15) is 0 Å². The summed E-state index contributed by atoms with van der Waals surface area (Å²) in [4.78, 5) is 13.8. The highest BCUT2D eigenvalue weighted by atomic mass is 16.2. The van der Waals surface area contributed by atoms with Gasteiger partial charge < -0.3 is 4.90 Å². The first-order valence-corrected chi connectivity index (χ1v) is 8.57. The second kappa shape index (κ2) is 9.14. The van der Waals surface area contributed by atoms with Crippen molar-refractivity contribution in [2.24, 2.45) is 0 Å². The average molecular weight is 309 g/mol. The number of carbonyl (C=O) groups excluding carboxylic acids is 1. The largest absolute Gasteiger partial charge is 0.343 e. The molecule has 0 spiro atoms. The van der Waals surface area contributed by atoms with Gasteiger partial charge in [0.25, 0.3) is 0 Å². The zero-order valence-electron chi connectivity index (χ0n) is 14.2. The molecule has 0 aliphatic rings. The number of carbonyl (C=O) groups is 1. The van der Waals surface area contributed by atoms with E-state index in [2.05, 4.69) is 67.6 Å². The van der Waals surface area contributed by atoms with Crippen molar-refractivity contribution in [1.29, 1.82) is 0 Å². The monoisotopic (exact) mass is 309 g/mol. The SMILES string of the molecule is CCCCN(CCC(c1ccccc1)c1ccccc1)C(C)=O. The number of benzene rings is 2. The zero-order chi connectivity index (χ0) is 16.5. The Hall–Kier alpha value is -2.09. The van der Waals surface area contributed by atoms with Crippen molar-refractivity contribution >= 4 is 5.91 Å². The molecule has 0 aromatic heterocycles. The van der Waals surface area contributed by atoms with Crippen molar-refractivity contribution in [2.45, 2.75) is 39.0 Å². The molecule has 0 saturated heterocycles. The molecule has 0 atom stereocenters. The maximum Gasteiger partial charge on any atom is 0.219 e. The average Bonchev–Trinajstić information content (AvgIpc) is 2.59. The maximum absolute atomic E-state index is 11.9. The summed E-state index contributed by atoms with van der Waals surface area (Å²) < 4.78 is 0. The van der Waals surface area contributed by atoms with Gasteiger partial charge in [-0.25, -0.2) is 0 Å². The molecule has 1 amide bonds. The Morgan fingerprint density at radius 2 is 1.43 bits per heavy atom. The van der Waals surface area contributed by atoms with E-state index in [1.807, 2.05) is 4.90 Å². The minimum atomic E-state index is 0.179. The summed E-state index contributed by atoms with van der Waals surface area (Å²) >= 11 is 0. The molecule has 2 nitrogen and oxygen atoms in total. The molecular formula is C21H27NO. The van der Waals surface area contributed by atoms with Crippen LogP contribution in [0.3, 0.4) is 0 Å². The predicted molar refractivity (Wildman–Crippen MR) is 96.5 cm³/mol. The molecule has 0 heterocycles. The van der Waals surface area contributed by atoms with Crippen LogP contribution in [0.25, 0.3) is 0 Å². The lowest BCUT2D eigenvalue weighted by Gasteiger charge is -2.25. The minimum Gasteiger partial charge on any atom is -0.343 e. The fourth-order valence-electron chi connectivity index (χ4n) is 2.96. The number of unbranched alkanes of at least 4 members (excludes halogenated alkanes) is 1. The molecule has 0 N–H and O–H groups in total. The van der Waals surface area contributed by atoms with Crippen LogP contribution >= 0.6 is 0 Å². The molecule has 0 unspecified atom stereocenters.